The van der Waals surface area contributed by atoms with Crippen molar-refractivity contribution in [2.24, 2.45) is 5.92 Å². The van der Waals surface area contributed by atoms with Crippen molar-refractivity contribution in [2.75, 3.05) is 0 Å². The number of halogens is 2. The van der Waals surface area contributed by atoms with Crippen LogP contribution in [0, 0.1) is 12.8 Å². The highest BCUT2D eigenvalue weighted by atomic mass is 35.5. The van der Waals surface area contributed by atoms with Crippen molar-refractivity contribution in [3.8, 4) is 0 Å². The molecule has 0 aliphatic heterocycles. The van der Waals surface area contributed by atoms with Crippen molar-refractivity contribution in [1.29, 1.82) is 0 Å². The van der Waals surface area contributed by atoms with E-state index in [1.54, 1.807) is 12.1 Å². The van der Waals surface area contributed by atoms with Gasteiger partial charge in [0, 0.05) is 0 Å². The largest absolute Gasteiger partial charge is 0.481 e. The Morgan fingerprint density at radius 3 is 2.33 bits per heavy atom. The molecule has 0 fully saturated rings. The Morgan fingerprint density at radius 2 is 1.67 bits per heavy atom. The minimum Gasteiger partial charge on any atom is -0.481 e. The summed E-state index contributed by atoms with van der Waals surface area (Å²) in [5.74, 6) is -1.35. The van der Waals surface area contributed by atoms with Crippen LogP contribution in [0.25, 0.3) is 0 Å². The molecule has 2 rings (SSSR count). The summed E-state index contributed by atoms with van der Waals surface area (Å²) in [5.41, 5.74) is 2.91. The molecular weight excluding hydrogens is 307 g/mol. The topological polar surface area (TPSA) is 37.3 Å². The summed E-state index contributed by atoms with van der Waals surface area (Å²) >= 11 is 12.1. The molecule has 2 aromatic carbocycles. The molecule has 1 unspecified atom stereocenters. The monoisotopic (exact) mass is 322 g/mol. The minimum absolute atomic E-state index is 0.364. The van der Waals surface area contributed by atoms with Gasteiger partial charge >= 0.3 is 5.97 Å². The van der Waals surface area contributed by atoms with Crippen molar-refractivity contribution in [1.82, 2.24) is 0 Å². The standard InChI is InChI=1S/C17H16Cl2O2/c1-11-5-2-3-6-12(11)9-14(17(20)21)10-13-7-4-8-15(18)16(13)19/h2-8,14H,9-10H2,1H3,(H,20,21). The van der Waals surface area contributed by atoms with Crippen LogP contribution in [0.2, 0.25) is 10.0 Å². The average molecular weight is 323 g/mol. The Labute approximate surface area is 134 Å². The lowest BCUT2D eigenvalue weighted by Crippen LogP contribution is -2.19. The average Bonchev–Trinajstić information content (AvgIpc) is 2.45. The molecule has 0 aliphatic carbocycles. The highest BCUT2D eigenvalue weighted by Crippen LogP contribution is 2.28. The third-order valence-corrected chi connectivity index (χ3v) is 4.43. The van der Waals surface area contributed by atoms with Gasteiger partial charge in [0.2, 0.25) is 0 Å². The second kappa shape index (κ2) is 6.97. The molecule has 0 saturated carbocycles. The number of rotatable bonds is 5. The molecule has 0 saturated heterocycles. The molecule has 0 aliphatic rings. The highest BCUT2D eigenvalue weighted by Gasteiger charge is 2.21. The zero-order valence-corrected chi connectivity index (χ0v) is 13.2. The van der Waals surface area contributed by atoms with Gasteiger partial charge in [0.1, 0.15) is 0 Å². The summed E-state index contributed by atoms with van der Waals surface area (Å²) in [6.07, 6.45) is 0.841. The van der Waals surface area contributed by atoms with Crippen LogP contribution in [0.5, 0.6) is 0 Å². The zero-order valence-electron chi connectivity index (χ0n) is 11.6. The van der Waals surface area contributed by atoms with E-state index in [0.29, 0.717) is 22.9 Å². The molecule has 21 heavy (non-hydrogen) atoms. The fourth-order valence-corrected chi connectivity index (χ4v) is 2.72. The lowest BCUT2D eigenvalue weighted by Gasteiger charge is -2.15. The van der Waals surface area contributed by atoms with Crippen LogP contribution in [0.1, 0.15) is 16.7 Å². The van der Waals surface area contributed by atoms with Gasteiger partial charge in [-0.15, -0.1) is 0 Å². The minimum atomic E-state index is -0.825. The number of aryl methyl sites for hydroxylation is 1. The Morgan fingerprint density at radius 1 is 1.05 bits per heavy atom. The summed E-state index contributed by atoms with van der Waals surface area (Å²) in [6.45, 7) is 1.99. The first-order chi connectivity index (χ1) is 9.99. The highest BCUT2D eigenvalue weighted by molar-refractivity contribution is 6.42. The Kier molecular flexibility index (Phi) is 5.27. The third kappa shape index (κ3) is 3.99. The van der Waals surface area contributed by atoms with Gasteiger partial charge in [0.05, 0.1) is 16.0 Å². The van der Waals surface area contributed by atoms with Crippen molar-refractivity contribution in [3.63, 3.8) is 0 Å². The lowest BCUT2D eigenvalue weighted by atomic mass is 9.91. The van der Waals surface area contributed by atoms with E-state index in [0.717, 1.165) is 16.7 Å². The number of aliphatic carboxylic acids is 1. The summed E-state index contributed by atoms with van der Waals surface area (Å²) in [6, 6.07) is 13.1. The molecule has 2 nitrogen and oxygen atoms in total. The van der Waals surface area contributed by atoms with E-state index in [9.17, 15) is 9.90 Å². The van der Waals surface area contributed by atoms with Crippen LogP contribution in [0.3, 0.4) is 0 Å². The maximum absolute atomic E-state index is 11.5. The summed E-state index contributed by atoms with van der Waals surface area (Å²) < 4.78 is 0. The van der Waals surface area contributed by atoms with Crippen LogP contribution in [-0.2, 0) is 17.6 Å². The first kappa shape index (κ1) is 15.9. The first-order valence-corrected chi connectivity index (χ1v) is 7.45. The molecular formula is C17H16Cl2O2. The molecule has 0 heterocycles. The quantitative estimate of drug-likeness (QED) is 0.859. The smallest absolute Gasteiger partial charge is 0.307 e. The number of carboxylic acids is 1. The molecule has 1 N–H and O–H groups in total. The summed E-state index contributed by atoms with van der Waals surface area (Å²) in [7, 11) is 0. The van der Waals surface area contributed by atoms with Crippen molar-refractivity contribution >= 4 is 29.2 Å². The maximum atomic E-state index is 11.5. The van der Waals surface area contributed by atoms with E-state index in [2.05, 4.69) is 0 Å². The van der Waals surface area contributed by atoms with Crippen LogP contribution < -0.4 is 0 Å². The fourth-order valence-electron chi connectivity index (χ4n) is 2.32. The predicted octanol–water partition coefficient (Wildman–Crippen LogP) is 4.79. The van der Waals surface area contributed by atoms with Crippen molar-refractivity contribution < 1.29 is 9.90 Å². The van der Waals surface area contributed by atoms with Crippen LogP contribution in [0.15, 0.2) is 42.5 Å². The number of hydrogen-bond donors (Lipinski definition) is 1. The number of carboxylic acid groups (broad SMARTS) is 1. The van der Waals surface area contributed by atoms with Gasteiger partial charge < -0.3 is 5.11 Å². The van der Waals surface area contributed by atoms with Crippen molar-refractivity contribution in [3.05, 3.63) is 69.2 Å². The fraction of sp³-hybridized carbons (Fsp3) is 0.235. The van der Waals surface area contributed by atoms with Crippen LogP contribution in [0.4, 0.5) is 0 Å². The third-order valence-electron chi connectivity index (χ3n) is 3.57. The van der Waals surface area contributed by atoms with Gasteiger partial charge in [-0.25, -0.2) is 0 Å². The molecule has 0 amide bonds. The Bertz CT molecular complexity index is 653. The van der Waals surface area contributed by atoms with Gasteiger partial charge in [-0.2, -0.15) is 0 Å². The number of benzene rings is 2. The first-order valence-electron chi connectivity index (χ1n) is 6.69. The van der Waals surface area contributed by atoms with Gasteiger partial charge in [0.25, 0.3) is 0 Å². The molecule has 0 aromatic heterocycles. The molecule has 0 radical (unpaired) electrons. The van der Waals surface area contributed by atoms with Gasteiger partial charge in [-0.05, 0) is 42.5 Å². The molecule has 0 bridgehead atoms. The summed E-state index contributed by atoms with van der Waals surface area (Å²) in [5, 5.41) is 10.4. The van der Waals surface area contributed by atoms with E-state index >= 15 is 0 Å². The Balaban J connectivity index is 2.22. The van der Waals surface area contributed by atoms with Gasteiger partial charge in [0.15, 0.2) is 0 Å². The van der Waals surface area contributed by atoms with Crippen molar-refractivity contribution in [2.45, 2.75) is 19.8 Å². The van der Waals surface area contributed by atoms with Gasteiger partial charge in [-0.3, -0.25) is 4.79 Å². The van der Waals surface area contributed by atoms with Gasteiger partial charge in [-0.1, -0.05) is 59.6 Å². The molecule has 4 heteroatoms. The van der Waals surface area contributed by atoms with E-state index < -0.39 is 11.9 Å². The van der Waals surface area contributed by atoms with Crippen LogP contribution >= 0.6 is 23.2 Å². The zero-order chi connectivity index (χ0) is 15.4. The predicted molar refractivity (Wildman–Crippen MR) is 86.2 cm³/mol. The Hall–Kier alpha value is -1.51. The van der Waals surface area contributed by atoms with E-state index in [1.807, 2.05) is 37.3 Å². The molecule has 1 atom stereocenters. The normalized spacial score (nSPS) is 12.1. The SMILES string of the molecule is Cc1ccccc1CC(Cc1cccc(Cl)c1Cl)C(=O)O. The molecule has 0 spiro atoms. The second-order valence-electron chi connectivity index (χ2n) is 5.08. The van der Waals surface area contributed by atoms with E-state index in [4.69, 9.17) is 23.2 Å². The van der Waals surface area contributed by atoms with E-state index in [1.165, 1.54) is 0 Å². The molecule has 110 valence electrons. The number of hydrogen-bond acceptors (Lipinski definition) is 1. The van der Waals surface area contributed by atoms with E-state index in [-0.39, 0.29) is 0 Å². The van der Waals surface area contributed by atoms with Crippen LogP contribution in [-0.4, -0.2) is 11.1 Å². The molecule has 2 aromatic rings. The summed E-state index contributed by atoms with van der Waals surface area (Å²) in [4.78, 5) is 11.5. The number of carbonyl (C=O) groups is 1. The maximum Gasteiger partial charge on any atom is 0.307 e. The second-order valence-corrected chi connectivity index (χ2v) is 5.87. The lowest BCUT2D eigenvalue weighted by molar-refractivity contribution is -0.141.